The molecule has 0 aliphatic rings. The maximum atomic E-state index is 11.3. The quantitative estimate of drug-likeness (QED) is 0.562. The van der Waals surface area contributed by atoms with E-state index in [-0.39, 0.29) is 6.16 Å². The van der Waals surface area contributed by atoms with Crippen LogP contribution in [0.2, 0.25) is 0 Å². The molecule has 114 valence electrons. The minimum absolute atomic E-state index is 0.314. The summed E-state index contributed by atoms with van der Waals surface area (Å²) in [5, 5.41) is 4.08. The van der Waals surface area contributed by atoms with Crippen LogP contribution in [-0.2, 0) is 10.7 Å². The van der Waals surface area contributed by atoms with Crippen LogP contribution in [0, 0.1) is 0 Å². The predicted octanol–water partition coefficient (Wildman–Crippen LogP) is 4.07. The van der Waals surface area contributed by atoms with Gasteiger partial charge >= 0.3 is 7.60 Å². The lowest BCUT2D eigenvalue weighted by atomic mass is 10.0. The molecule has 0 fully saturated rings. The molecule has 0 amide bonds. The third-order valence-corrected chi connectivity index (χ3v) is 4.34. The van der Waals surface area contributed by atoms with Crippen molar-refractivity contribution in [2.75, 3.05) is 6.61 Å². The van der Waals surface area contributed by atoms with E-state index in [0.717, 1.165) is 21.5 Å². The highest BCUT2D eigenvalue weighted by atomic mass is 31.2. The highest BCUT2D eigenvalue weighted by molar-refractivity contribution is 7.50. The van der Waals surface area contributed by atoms with Crippen molar-refractivity contribution in [3.63, 3.8) is 0 Å². The van der Waals surface area contributed by atoms with Crippen LogP contribution in [0.1, 0.15) is 12.5 Å². The smallest absolute Gasteiger partial charge is 0.330 e. The van der Waals surface area contributed by atoms with Crippen LogP contribution in [0.25, 0.3) is 21.5 Å². The van der Waals surface area contributed by atoms with Gasteiger partial charge in [0.2, 0.25) is 0 Å². The molecular formula is C17H17O4P. The SMILES string of the molecule is CCOc1c(CP(=O)(O)O)ccc2cc3ccccc3cc12. The van der Waals surface area contributed by atoms with E-state index in [0.29, 0.717) is 17.9 Å². The van der Waals surface area contributed by atoms with Gasteiger partial charge in [0, 0.05) is 10.9 Å². The molecule has 0 aliphatic carbocycles. The Bertz CT molecular complexity index is 882. The van der Waals surface area contributed by atoms with Crippen molar-refractivity contribution < 1.29 is 19.1 Å². The highest BCUT2D eigenvalue weighted by Gasteiger charge is 2.19. The summed E-state index contributed by atoms with van der Waals surface area (Å²) < 4.78 is 17.0. The van der Waals surface area contributed by atoms with Gasteiger partial charge in [0.1, 0.15) is 5.75 Å². The van der Waals surface area contributed by atoms with Crippen molar-refractivity contribution >= 4 is 29.1 Å². The molecule has 0 saturated heterocycles. The molecule has 0 bridgehead atoms. The van der Waals surface area contributed by atoms with Crippen molar-refractivity contribution in [2.24, 2.45) is 0 Å². The number of fused-ring (bicyclic) bond motifs is 2. The fourth-order valence-corrected chi connectivity index (χ4v) is 3.39. The fourth-order valence-electron chi connectivity index (χ4n) is 2.69. The second-order valence-corrected chi connectivity index (χ2v) is 6.88. The van der Waals surface area contributed by atoms with Crippen LogP contribution < -0.4 is 4.74 Å². The normalized spacial score (nSPS) is 12.0. The van der Waals surface area contributed by atoms with E-state index in [4.69, 9.17) is 4.74 Å². The van der Waals surface area contributed by atoms with Gasteiger partial charge in [0.05, 0.1) is 12.8 Å². The Kier molecular flexibility index (Phi) is 3.92. The van der Waals surface area contributed by atoms with E-state index in [1.165, 1.54) is 0 Å². The summed E-state index contributed by atoms with van der Waals surface area (Å²) >= 11 is 0. The van der Waals surface area contributed by atoms with Crippen LogP contribution in [0.15, 0.2) is 48.5 Å². The zero-order chi connectivity index (χ0) is 15.7. The molecule has 3 aromatic carbocycles. The van der Waals surface area contributed by atoms with Crippen LogP contribution >= 0.6 is 7.60 Å². The van der Waals surface area contributed by atoms with Gasteiger partial charge in [-0.2, -0.15) is 0 Å². The van der Waals surface area contributed by atoms with E-state index >= 15 is 0 Å². The molecule has 0 heterocycles. The first kappa shape index (κ1) is 15.0. The second-order valence-electron chi connectivity index (χ2n) is 5.23. The standard InChI is InChI=1S/C17H17O4P/c1-2-21-17-15(11-22(18,19)20)8-7-14-9-12-5-3-4-6-13(12)10-16(14)17/h3-10H,2,11H2,1H3,(H2,18,19,20). The summed E-state index contributed by atoms with van der Waals surface area (Å²) in [6.07, 6.45) is -0.314. The zero-order valence-corrected chi connectivity index (χ0v) is 13.1. The maximum Gasteiger partial charge on any atom is 0.330 e. The van der Waals surface area contributed by atoms with Crippen molar-refractivity contribution in [3.05, 3.63) is 54.1 Å². The summed E-state index contributed by atoms with van der Waals surface area (Å²) in [5.74, 6) is 0.564. The first-order valence-corrected chi connectivity index (χ1v) is 8.89. The number of hydrogen-bond donors (Lipinski definition) is 2. The van der Waals surface area contributed by atoms with E-state index in [9.17, 15) is 14.4 Å². The topological polar surface area (TPSA) is 66.8 Å². The lowest BCUT2D eigenvalue weighted by molar-refractivity contribution is 0.338. The average Bonchev–Trinajstić information content (AvgIpc) is 2.46. The maximum absolute atomic E-state index is 11.3. The van der Waals surface area contributed by atoms with E-state index < -0.39 is 7.60 Å². The third-order valence-electron chi connectivity index (χ3n) is 3.58. The van der Waals surface area contributed by atoms with Gasteiger partial charge in [-0.3, -0.25) is 4.57 Å². The van der Waals surface area contributed by atoms with Gasteiger partial charge in [-0.05, 0) is 35.2 Å². The second kappa shape index (κ2) is 5.73. The lowest BCUT2D eigenvalue weighted by Gasteiger charge is -2.15. The van der Waals surface area contributed by atoms with Crippen LogP contribution in [0.5, 0.6) is 5.75 Å². The molecule has 22 heavy (non-hydrogen) atoms. The monoisotopic (exact) mass is 316 g/mol. The number of ether oxygens (including phenoxy) is 1. The Labute approximate surface area is 128 Å². The number of rotatable bonds is 4. The van der Waals surface area contributed by atoms with E-state index in [1.807, 2.05) is 43.3 Å². The molecule has 0 aliphatic heterocycles. The Morgan fingerprint density at radius 3 is 2.32 bits per heavy atom. The third kappa shape index (κ3) is 3.00. The van der Waals surface area contributed by atoms with Crippen LogP contribution in [0.4, 0.5) is 0 Å². The van der Waals surface area contributed by atoms with Gasteiger partial charge in [0.15, 0.2) is 0 Å². The molecule has 0 unspecified atom stereocenters. The first-order chi connectivity index (χ1) is 10.5. The van der Waals surface area contributed by atoms with Gasteiger partial charge < -0.3 is 14.5 Å². The van der Waals surface area contributed by atoms with Crippen LogP contribution in [-0.4, -0.2) is 16.4 Å². The molecular weight excluding hydrogens is 299 g/mol. The Morgan fingerprint density at radius 1 is 1.00 bits per heavy atom. The van der Waals surface area contributed by atoms with Crippen LogP contribution in [0.3, 0.4) is 0 Å². The number of hydrogen-bond acceptors (Lipinski definition) is 2. The molecule has 5 heteroatoms. The molecule has 0 spiro atoms. The number of benzene rings is 3. The predicted molar refractivity (Wildman–Crippen MR) is 88.4 cm³/mol. The minimum Gasteiger partial charge on any atom is -0.493 e. The average molecular weight is 316 g/mol. The van der Waals surface area contributed by atoms with E-state index in [2.05, 4.69) is 6.07 Å². The summed E-state index contributed by atoms with van der Waals surface area (Å²) in [4.78, 5) is 18.5. The highest BCUT2D eigenvalue weighted by Crippen LogP contribution is 2.44. The van der Waals surface area contributed by atoms with Gasteiger partial charge in [-0.1, -0.05) is 36.4 Å². The van der Waals surface area contributed by atoms with Gasteiger partial charge in [-0.25, -0.2) is 0 Å². The lowest BCUT2D eigenvalue weighted by Crippen LogP contribution is -1.98. The summed E-state index contributed by atoms with van der Waals surface area (Å²) in [6, 6.07) is 15.7. The summed E-state index contributed by atoms with van der Waals surface area (Å²) in [7, 11) is -4.14. The van der Waals surface area contributed by atoms with Gasteiger partial charge in [-0.15, -0.1) is 0 Å². The molecule has 3 rings (SSSR count). The molecule has 2 N–H and O–H groups in total. The molecule has 0 saturated carbocycles. The minimum atomic E-state index is -4.14. The molecule has 3 aromatic rings. The van der Waals surface area contributed by atoms with Gasteiger partial charge in [0.25, 0.3) is 0 Å². The Morgan fingerprint density at radius 2 is 1.68 bits per heavy atom. The van der Waals surface area contributed by atoms with Crippen molar-refractivity contribution in [1.29, 1.82) is 0 Å². The largest absolute Gasteiger partial charge is 0.493 e. The van der Waals surface area contributed by atoms with Crippen molar-refractivity contribution in [2.45, 2.75) is 13.1 Å². The Balaban J connectivity index is 2.27. The van der Waals surface area contributed by atoms with Crippen molar-refractivity contribution in [1.82, 2.24) is 0 Å². The Hall–Kier alpha value is -1.87. The molecule has 0 radical (unpaired) electrons. The fraction of sp³-hybridized carbons (Fsp3) is 0.176. The molecule has 0 aromatic heterocycles. The van der Waals surface area contributed by atoms with E-state index in [1.54, 1.807) is 6.07 Å². The molecule has 4 nitrogen and oxygen atoms in total. The molecule has 0 atom stereocenters. The zero-order valence-electron chi connectivity index (χ0n) is 12.2. The summed E-state index contributed by atoms with van der Waals surface area (Å²) in [5.41, 5.74) is 0.540. The van der Waals surface area contributed by atoms with Crippen molar-refractivity contribution in [3.8, 4) is 5.75 Å². The first-order valence-electron chi connectivity index (χ1n) is 7.09. The summed E-state index contributed by atoms with van der Waals surface area (Å²) in [6.45, 7) is 2.31.